The van der Waals surface area contributed by atoms with Crippen molar-refractivity contribution in [2.45, 2.75) is 63.0 Å². The van der Waals surface area contributed by atoms with Gasteiger partial charge in [-0.25, -0.2) is 16.8 Å². The Balaban J connectivity index is 1.69. The number of anilines is 1. The summed E-state index contributed by atoms with van der Waals surface area (Å²) in [6, 6.07) is 10.6. The van der Waals surface area contributed by atoms with Crippen LogP contribution in [0.15, 0.2) is 56.8 Å². The highest BCUT2D eigenvalue weighted by Crippen LogP contribution is 2.31. The molecule has 14 heteroatoms. The number of hydrogen-bond donors (Lipinski definition) is 2. The number of aryl methyl sites for hydroxylation is 3. The molecule has 1 aliphatic heterocycles. The smallest absolute Gasteiger partial charge is 0.261 e. The zero-order chi connectivity index (χ0) is 31.7. The molecule has 2 N–H and O–H groups in total. The number of benzene rings is 2. The molecule has 0 spiro atoms. The summed E-state index contributed by atoms with van der Waals surface area (Å²) >= 11 is 0. The van der Waals surface area contributed by atoms with E-state index in [9.17, 15) is 26.7 Å². The first-order chi connectivity index (χ1) is 20.1. The number of aromatic nitrogens is 1. The summed E-state index contributed by atoms with van der Waals surface area (Å²) in [6.07, 6.45) is -0.833. The van der Waals surface area contributed by atoms with E-state index >= 15 is 0 Å². The Morgan fingerprint density at radius 1 is 1.12 bits per heavy atom. The number of nitrogens with one attached hydrogen (secondary N) is 1. The molecule has 0 radical (unpaired) electrons. The topological polar surface area (TPSA) is 159 Å². The van der Waals surface area contributed by atoms with Crippen molar-refractivity contribution in [3.63, 3.8) is 0 Å². The molecule has 0 bridgehead atoms. The molecule has 2 aromatic carbocycles. The fraction of sp³-hybridized carbons (Fsp3) is 0.448. The number of likely N-dealkylation sites (N-methyl/N-ethyl adjacent to an activating group) is 1. The normalized spacial score (nSPS) is 18.8. The average Bonchev–Trinajstić information content (AvgIpc) is 3.31. The number of rotatable bonds is 9. The number of sulfonamides is 2. The third-order valence-electron chi connectivity index (χ3n) is 7.57. The first kappa shape index (κ1) is 32.5. The van der Waals surface area contributed by atoms with E-state index < -0.39 is 32.2 Å². The summed E-state index contributed by atoms with van der Waals surface area (Å²) in [6.45, 7) is 8.37. The van der Waals surface area contributed by atoms with Gasteiger partial charge in [0.05, 0.1) is 30.5 Å². The van der Waals surface area contributed by atoms with Crippen LogP contribution in [0.25, 0.3) is 0 Å². The predicted octanol–water partition coefficient (Wildman–Crippen LogP) is 2.87. The standard InChI is InChI=1S/C29H38N4O8S2/c1-18-7-10-25(11-8-18)42(36,37)31-24-9-12-26-23(13-24)14-28(35)33(20(3)17-34)15-19(2)27(40-26)16-32(6)43(38,39)29-21(4)30-41-22(29)5/h7-13,19-20,27,31,34H,14-17H2,1-6H3/t19-,20-,27-/m1/s1. The summed E-state index contributed by atoms with van der Waals surface area (Å²) in [5.74, 6) is -0.141. The van der Waals surface area contributed by atoms with Crippen molar-refractivity contribution in [2.24, 2.45) is 5.92 Å². The summed E-state index contributed by atoms with van der Waals surface area (Å²) in [5, 5.41) is 13.7. The summed E-state index contributed by atoms with van der Waals surface area (Å²) in [5.41, 5.74) is 1.81. The minimum absolute atomic E-state index is 0.0117. The lowest BCUT2D eigenvalue weighted by Gasteiger charge is -2.33. The van der Waals surface area contributed by atoms with Gasteiger partial charge in [0.15, 0.2) is 5.76 Å². The van der Waals surface area contributed by atoms with E-state index in [4.69, 9.17) is 9.26 Å². The third-order valence-corrected chi connectivity index (χ3v) is 11.0. The molecule has 234 valence electrons. The highest BCUT2D eigenvalue weighted by atomic mass is 32.2. The average molecular weight is 635 g/mol. The second-order valence-electron chi connectivity index (χ2n) is 11.1. The Morgan fingerprint density at radius 2 is 1.79 bits per heavy atom. The number of fused-ring (bicyclic) bond motifs is 1. The van der Waals surface area contributed by atoms with Crippen LogP contribution in [-0.4, -0.2) is 81.1 Å². The van der Waals surface area contributed by atoms with Crippen LogP contribution in [0, 0.1) is 26.7 Å². The van der Waals surface area contributed by atoms with Gasteiger partial charge in [0.2, 0.25) is 15.9 Å². The number of aliphatic hydroxyl groups excluding tert-OH is 1. The number of ether oxygens (including phenoxy) is 1. The van der Waals surface area contributed by atoms with Crippen LogP contribution in [0.4, 0.5) is 5.69 Å². The zero-order valence-electron chi connectivity index (χ0n) is 25.1. The molecule has 0 saturated carbocycles. The maximum atomic E-state index is 13.5. The molecule has 4 rings (SSSR count). The van der Waals surface area contributed by atoms with Crippen LogP contribution < -0.4 is 9.46 Å². The van der Waals surface area contributed by atoms with Gasteiger partial charge >= 0.3 is 0 Å². The molecular formula is C29H38N4O8S2. The van der Waals surface area contributed by atoms with Crippen molar-refractivity contribution in [1.29, 1.82) is 0 Å². The lowest BCUT2D eigenvalue weighted by atomic mass is 10.0. The predicted molar refractivity (Wildman–Crippen MR) is 160 cm³/mol. The first-order valence-electron chi connectivity index (χ1n) is 13.8. The second kappa shape index (κ2) is 12.6. The van der Waals surface area contributed by atoms with Crippen LogP contribution in [-0.2, 0) is 31.3 Å². The number of carbonyl (C=O) groups excluding carboxylic acids is 1. The number of aliphatic hydroxyl groups is 1. The number of carbonyl (C=O) groups is 1. The fourth-order valence-corrected chi connectivity index (χ4v) is 7.51. The largest absolute Gasteiger partial charge is 0.488 e. The minimum atomic E-state index is -3.99. The molecule has 1 aromatic heterocycles. The van der Waals surface area contributed by atoms with Gasteiger partial charge < -0.3 is 19.3 Å². The Kier molecular flexibility index (Phi) is 9.54. The Bertz CT molecular complexity index is 1670. The van der Waals surface area contributed by atoms with Gasteiger partial charge in [-0.1, -0.05) is 29.8 Å². The van der Waals surface area contributed by atoms with Crippen molar-refractivity contribution >= 4 is 31.6 Å². The van der Waals surface area contributed by atoms with E-state index in [1.165, 1.54) is 42.5 Å². The highest BCUT2D eigenvalue weighted by Gasteiger charge is 2.35. The van der Waals surface area contributed by atoms with E-state index in [1.54, 1.807) is 36.9 Å². The summed E-state index contributed by atoms with van der Waals surface area (Å²) in [7, 11) is -6.46. The molecule has 0 saturated heterocycles. The van der Waals surface area contributed by atoms with Crippen LogP contribution in [0.3, 0.4) is 0 Å². The van der Waals surface area contributed by atoms with E-state index in [1.807, 2.05) is 13.8 Å². The van der Waals surface area contributed by atoms with Crippen LogP contribution in [0.5, 0.6) is 5.75 Å². The molecular weight excluding hydrogens is 596 g/mol. The van der Waals surface area contributed by atoms with Gasteiger partial charge in [-0.05, 0) is 58.0 Å². The lowest BCUT2D eigenvalue weighted by Crippen LogP contribution is -2.48. The van der Waals surface area contributed by atoms with E-state index in [0.717, 1.165) is 5.56 Å². The molecule has 0 fully saturated rings. The second-order valence-corrected chi connectivity index (χ2v) is 14.7. The van der Waals surface area contributed by atoms with Gasteiger partial charge in [0.25, 0.3) is 10.0 Å². The van der Waals surface area contributed by atoms with Crippen LogP contribution >= 0.6 is 0 Å². The summed E-state index contributed by atoms with van der Waals surface area (Å²) < 4.78 is 68.2. The van der Waals surface area contributed by atoms with Gasteiger partial charge in [-0.3, -0.25) is 9.52 Å². The van der Waals surface area contributed by atoms with Crippen molar-refractivity contribution in [3.05, 3.63) is 65.0 Å². The molecule has 0 aliphatic carbocycles. The maximum Gasteiger partial charge on any atom is 0.261 e. The monoisotopic (exact) mass is 634 g/mol. The molecule has 1 amide bonds. The molecule has 43 heavy (non-hydrogen) atoms. The molecule has 1 aliphatic rings. The maximum absolute atomic E-state index is 13.5. The Labute approximate surface area is 252 Å². The third kappa shape index (κ3) is 7.03. The van der Waals surface area contributed by atoms with Crippen molar-refractivity contribution in [1.82, 2.24) is 14.4 Å². The van der Waals surface area contributed by atoms with E-state index in [0.29, 0.717) is 11.3 Å². The first-order valence-corrected chi connectivity index (χ1v) is 16.7. The lowest BCUT2D eigenvalue weighted by molar-refractivity contribution is -0.134. The Morgan fingerprint density at radius 3 is 2.40 bits per heavy atom. The Hall–Kier alpha value is -3.46. The molecule has 0 unspecified atom stereocenters. The minimum Gasteiger partial charge on any atom is -0.488 e. The van der Waals surface area contributed by atoms with E-state index in [2.05, 4.69) is 9.88 Å². The highest BCUT2D eigenvalue weighted by molar-refractivity contribution is 7.92. The van der Waals surface area contributed by atoms with Gasteiger partial charge in [0.1, 0.15) is 22.4 Å². The van der Waals surface area contributed by atoms with Gasteiger partial charge in [0, 0.05) is 30.8 Å². The SMILES string of the molecule is Cc1ccc(S(=O)(=O)Nc2ccc3c(c2)CC(=O)N([C@H](C)CO)C[C@@H](C)[C@@H](CN(C)S(=O)(=O)c2c(C)noc2C)O3)cc1. The number of amides is 1. The zero-order valence-corrected chi connectivity index (χ0v) is 26.7. The van der Waals surface area contributed by atoms with E-state index in [-0.39, 0.29) is 64.9 Å². The van der Waals surface area contributed by atoms with Gasteiger partial charge in [-0.15, -0.1) is 0 Å². The molecule has 12 nitrogen and oxygen atoms in total. The van der Waals surface area contributed by atoms with Crippen LogP contribution in [0.1, 0.15) is 36.4 Å². The number of nitrogens with zero attached hydrogens (tertiary/aromatic N) is 3. The molecule has 3 aromatic rings. The fourth-order valence-electron chi connectivity index (χ4n) is 4.99. The van der Waals surface area contributed by atoms with Crippen molar-refractivity contribution < 1.29 is 36.0 Å². The summed E-state index contributed by atoms with van der Waals surface area (Å²) in [4.78, 5) is 15.1. The van der Waals surface area contributed by atoms with Crippen LogP contribution in [0.2, 0.25) is 0 Å². The molecule has 2 heterocycles. The quantitative estimate of drug-likeness (QED) is 0.361. The van der Waals surface area contributed by atoms with Gasteiger partial charge in [-0.2, -0.15) is 4.31 Å². The molecule has 3 atom stereocenters. The van der Waals surface area contributed by atoms with Crippen molar-refractivity contribution in [3.8, 4) is 5.75 Å². The van der Waals surface area contributed by atoms with Crippen molar-refractivity contribution in [2.75, 3.05) is 31.5 Å². The number of hydrogen-bond acceptors (Lipinski definition) is 9.